The maximum Gasteiger partial charge on any atom is 0.130 e. The summed E-state index contributed by atoms with van der Waals surface area (Å²) in [7, 11) is 0. The summed E-state index contributed by atoms with van der Waals surface area (Å²) in [4.78, 5) is 0. The minimum absolute atomic E-state index is 0.477. The van der Waals surface area contributed by atoms with Crippen LogP contribution >= 0.6 is 0 Å². The van der Waals surface area contributed by atoms with E-state index in [9.17, 15) is 0 Å². The van der Waals surface area contributed by atoms with Gasteiger partial charge >= 0.3 is 0 Å². The van der Waals surface area contributed by atoms with Crippen LogP contribution in [0, 0.1) is 6.92 Å². The topological polar surface area (TPSA) is 43.6 Å². The molecule has 0 fully saturated rings. The molecular weight excluding hydrogens is 242 g/mol. The molecule has 0 radical (unpaired) electrons. The average Bonchev–Trinajstić information content (AvgIpc) is 2.72. The highest BCUT2D eigenvalue weighted by Gasteiger charge is 2.07. The van der Waals surface area contributed by atoms with Crippen molar-refractivity contribution in [2.45, 2.75) is 53.3 Å². The van der Waals surface area contributed by atoms with E-state index in [-0.39, 0.29) is 0 Å². The Balaban J connectivity index is 2.25. The smallest absolute Gasteiger partial charge is 0.130 e. The number of furan rings is 1. The lowest BCUT2D eigenvalue weighted by Gasteiger charge is -2.06. The number of nitrogens with one attached hydrogen (secondary N) is 1. The zero-order valence-corrected chi connectivity index (χ0v) is 12.6. The van der Waals surface area contributed by atoms with Gasteiger partial charge in [-0.1, -0.05) is 20.8 Å². The van der Waals surface area contributed by atoms with Gasteiger partial charge in [0.15, 0.2) is 0 Å². The first-order valence-electron chi connectivity index (χ1n) is 7.10. The molecule has 0 bridgehead atoms. The van der Waals surface area contributed by atoms with Crippen LogP contribution in [0.25, 0.3) is 0 Å². The minimum Gasteiger partial charge on any atom is -0.464 e. The molecule has 0 spiro atoms. The van der Waals surface area contributed by atoms with E-state index in [1.165, 1.54) is 5.56 Å². The average molecular weight is 269 g/mol. The molecule has 19 heavy (non-hydrogen) atoms. The van der Waals surface area contributed by atoms with E-state index in [2.05, 4.69) is 32.2 Å². The van der Waals surface area contributed by atoms with Crippen LogP contribution in [0.2, 0.25) is 0 Å². The van der Waals surface area contributed by atoms with E-state index in [0.29, 0.717) is 25.9 Å². The number of hydrogen-bond acceptors (Lipinski definition) is 4. The summed E-state index contributed by atoms with van der Waals surface area (Å²) >= 11 is 0. The van der Waals surface area contributed by atoms with Gasteiger partial charge in [0.25, 0.3) is 0 Å². The van der Waals surface area contributed by atoms with Crippen LogP contribution in [0.15, 0.2) is 10.5 Å². The summed E-state index contributed by atoms with van der Waals surface area (Å²) in [6, 6.07) is 2.54. The van der Waals surface area contributed by atoms with E-state index >= 15 is 0 Å². The Morgan fingerprint density at radius 2 is 1.95 bits per heavy atom. The molecule has 0 saturated carbocycles. The Bertz CT molecular complexity index is 347. The fraction of sp³-hybridized carbons (Fsp3) is 0.733. The van der Waals surface area contributed by atoms with Crippen molar-refractivity contribution in [2.24, 2.45) is 0 Å². The lowest BCUT2D eigenvalue weighted by molar-refractivity contribution is 0.0348. The van der Waals surface area contributed by atoms with Crippen LogP contribution < -0.4 is 5.32 Å². The SMILES string of the molecule is CCCOCCOCc1cc(CNC(C)C)c(C)o1. The van der Waals surface area contributed by atoms with Crippen molar-refractivity contribution in [2.75, 3.05) is 19.8 Å². The predicted octanol–water partition coefficient (Wildman–Crippen LogP) is 3.03. The maximum atomic E-state index is 5.67. The highest BCUT2D eigenvalue weighted by atomic mass is 16.5. The Morgan fingerprint density at radius 1 is 1.21 bits per heavy atom. The summed E-state index contributed by atoms with van der Waals surface area (Å²) in [5.74, 6) is 1.85. The number of hydrogen-bond donors (Lipinski definition) is 1. The molecule has 4 nitrogen and oxygen atoms in total. The van der Waals surface area contributed by atoms with Crippen molar-refractivity contribution >= 4 is 0 Å². The van der Waals surface area contributed by atoms with Crippen LogP contribution in [0.5, 0.6) is 0 Å². The second kappa shape index (κ2) is 9.13. The van der Waals surface area contributed by atoms with E-state index in [1.54, 1.807) is 0 Å². The Kier molecular flexibility index (Phi) is 7.79. The van der Waals surface area contributed by atoms with Crippen molar-refractivity contribution in [1.29, 1.82) is 0 Å². The van der Waals surface area contributed by atoms with Crippen LogP contribution in [0.3, 0.4) is 0 Å². The molecule has 0 unspecified atom stereocenters. The Labute approximate surface area is 116 Å². The van der Waals surface area contributed by atoms with Gasteiger partial charge in [-0.2, -0.15) is 0 Å². The minimum atomic E-state index is 0.477. The fourth-order valence-corrected chi connectivity index (χ4v) is 1.69. The van der Waals surface area contributed by atoms with Gasteiger partial charge in [-0.3, -0.25) is 0 Å². The molecule has 0 saturated heterocycles. The second-order valence-electron chi connectivity index (χ2n) is 4.99. The third kappa shape index (κ3) is 6.76. The number of rotatable bonds is 10. The zero-order chi connectivity index (χ0) is 14.1. The molecule has 1 rings (SSSR count). The molecule has 0 atom stereocenters. The molecule has 0 aliphatic rings. The molecule has 0 amide bonds. The van der Waals surface area contributed by atoms with Gasteiger partial charge in [0.1, 0.15) is 18.1 Å². The van der Waals surface area contributed by atoms with Crippen molar-refractivity contribution in [1.82, 2.24) is 5.32 Å². The van der Waals surface area contributed by atoms with Crippen LogP contribution in [-0.4, -0.2) is 25.9 Å². The van der Waals surface area contributed by atoms with Crippen molar-refractivity contribution < 1.29 is 13.9 Å². The van der Waals surface area contributed by atoms with E-state index in [1.807, 2.05) is 6.92 Å². The molecule has 0 aromatic carbocycles. The molecule has 110 valence electrons. The molecule has 1 heterocycles. The molecule has 0 aliphatic heterocycles. The van der Waals surface area contributed by atoms with Crippen LogP contribution in [0.1, 0.15) is 44.3 Å². The van der Waals surface area contributed by atoms with Gasteiger partial charge in [-0.05, 0) is 19.4 Å². The number of ether oxygens (including phenoxy) is 2. The molecule has 4 heteroatoms. The van der Waals surface area contributed by atoms with E-state index in [4.69, 9.17) is 13.9 Å². The highest BCUT2D eigenvalue weighted by molar-refractivity contribution is 5.20. The monoisotopic (exact) mass is 269 g/mol. The second-order valence-corrected chi connectivity index (χ2v) is 4.99. The summed E-state index contributed by atoms with van der Waals surface area (Å²) in [5.41, 5.74) is 1.20. The van der Waals surface area contributed by atoms with Crippen molar-refractivity contribution in [3.8, 4) is 0 Å². The van der Waals surface area contributed by atoms with Crippen molar-refractivity contribution in [3.05, 3.63) is 23.2 Å². The molecule has 1 aromatic heterocycles. The normalized spacial score (nSPS) is 11.4. The summed E-state index contributed by atoms with van der Waals surface area (Å²) in [6.45, 7) is 11.8. The van der Waals surface area contributed by atoms with Gasteiger partial charge in [0.05, 0.1) is 13.2 Å². The van der Waals surface area contributed by atoms with Gasteiger partial charge in [0, 0.05) is 24.8 Å². The predicted molar refractivity (Wildman–Crippen MR) is 76.2 cm³/mol. The van der Waals surface area contributed by atoms with Crippen LogP contribution in [-0.2, 0) is 22.6 Å². The van der Waals surface area contributed by atoms with Gasteiger partial charge in [-0.25, -0.2) is 0 Å². The first kappa shape index (κ1) is 16.2. The first-order valence-corrected chi connectivity index (χ1v) is 7.10. The molecule has 0 aliphatic carbocycles. The fourth-order valence-electron chi connectivity index (χ4n) is 1.69. The largest absolute Gasteiger partial charge is 0.464 e. The molecule has 1 aromatic rings. The van der Waals surface area contributed by atoms with Gasteiger partial charge < -0.3 is 19.2 Å². The van der Waals surface area contributed by atoms with Crippen molar-refractivity contribution in [3.63, 3.8) is 0 Å². The number of aryl methyl sites for hydroxylation is 1. The Hall–Kier alpha value is -0.840. The van der Waals surface area contributed by atoms with Gasteiger partial charge in [0.2, 0.25) is 0 Å². The highest BCUT2D eigenvalue weighted by Crippen LogP contribution is 2.15. The third-order valence-electron chi connectivity index (χ3n) is 2.74. The standard InChI is InChI=1S/C15H27NO3/c1-5-6-17-7-8-18-11-15-9-14(13(4)19-15)10-16-12(2)3/h9,12,16H,5-8,10-11H2,1-4H3. The lowest BCUT2D eigenvalue weighted by Crippen LogP contribution is -2.21. The summed E-state index contributed by atoms with van der Waals surface area (Å²) < 4.78 is 16.5. The van der Waals surface area contributed by atoms with E-state index in [0.717, 1.165) is 31.1 Å². The molecular formula is C15H27NO3. The van der Waals surface area contributed by atoms with Crippen LogP contribution in [0.4, 0.5) is 0 Å². The first-order chi connectivity index (χ1) is 9.13. The van der Waals surface area contributed by atoms with Gasteiger partial charge in [-0.15, -0.1) is 0 Å². The quantitative estimate of drug-likeness (QED) is 0.663. The van der Waals surface area contributed by atoms with E-state index < -0.39 is 0 Å². The zero-order valence-electron chi connectivity index (χ0n) is 12.6. The lowest BCUT2D eigenvalue weighted by atomic mass is 10.2. The Morgan fingerprint density at radius 3 is 2.63 bits per heavy atom. The molecule has 1 N–H and O–H groups in total. The summed E-state index contributed by atoms with van der Waals surface area (Å²) in [5, 5.41) is 3.39. The summed E-state index contributed by atoms with van der Waals surface area (Å²) in [6.07, 6.45) is 1.05. The maximum absolute atomic E-state index is 5.67. The third-order valence-corrected chi connectivity index (χ3v) is 2.74.